The lowest BCUT2D eigenvalue weighted by Crippen LogP contribution is -2.13. The lowest BCUT2D eigenvalue weighted by molar-refractivity contribution is 0.877. The van der Waals surface area contributed by atoms with Gasteiger partial charge in [-0.25, -0.2) is 15.8 Å². The van der Waals surface area contributed by atoms with E-state index in [1.807, 2.05) is 0 Å². The number of nitrogens with zero attached hydrogens (tertiary/aromatic N) is 2. The van der Waals surface area contributed by atoms with Crippen LogP contribution in [0.3, 0.4) is 0 Å². The summed E-state index contributed by atoms with van der Waals surface area (Å²) in [6.45, 7) is 2.05. The first-order valence-corrected chi connectivity index (χ1v) is 4.70. The average molecular weight is 178 g/mol. The molecule has 3 N–H and O–H groups in total. The van der Waals surface area contributed by atoms with E-state index in [-0.39, 0.29) is 0 Å². The molecule has 0 saturated heterocycles. The number of hydrazine groups is 1. The number of hydrogen-bond donors (Lipinski definition) is 2. The molecule has 13 heavy (non-hydrogen) atoms. The first-order chi connectivity index (χ1) is 6.35. The van der Waals surface area contributed by atoms with Crippen molar-refractivity contribution in [3.05, 3.63) is 17.1 Å². The normalized spacial score (nSPS) is 14.3. The van der Waals surface area contributed by atoms with E-state index >= 15 is 0 Å². The molecular weight excluding hydrogens is 164 g/mol. The summed E-state index contributed by atoms with van der Waals surface area (Å²) in [4.78, 5) is 8.81. The number of hydrogen-bond acceptors (Lipinski definition) is 4. The number of aromatic nitrogens is 2. The van der Waals surface area contributed by atoms with Gasteiger partial charge in [0, 0.05) is 17.7 Å². The topological polar surface area (TPSA) is 63.8 Å². The van der Waals surface area contributed by atoms with Crippen molar-refractivity contribution in [1.82, 2.24) is 9.97 Å². The van der Waals surface area contributed by atoms with Crippen molar-refractivity contribution in [1.29, 1.82) is 0 Å². The van der Waals surface area contributed by atoms with Crippen LogP contribution in [-0.4, -0.2) is 9.97 Å². The van der Waals surface area contributed by atoms with Crippen molar-refractivity contribution in [2.75, 3.05) is 5.43 Å². The Morgan fingerprint density at radius 3 is 2.92 bits per heavy atom. The quantitative estimate of drug-likeness (QED) is 0.519. The minimum atomic E-state index is 0.819. The van der Waals surface area contributed by atoms with Gasteiger partial charge in [-0.05, 0) is 19.3 Å². The van der Waals surface area contributed by atoms with Crippen LogP contribution in [0.2, 0.25) is 0 Å². The van der Waals surface area contributed by atoms with Crippen LogP contribution < -0.4 is 11.3 Å². The summed E-state index contributed by atoms with van der Waals surface area (Å²) in [5, 5.41) is 0. The van der Waals surface area contributed by atoms with E-state index in [9.17, 15) is 0 Å². The Morgan fingerprint density at radius 2 is 2.23 bits per heavy atom. The Labute approximate surface area is 77.5 Å². The molecule has 0 fully saturated rings. The summed E-state index contributed by atoms with van der Waals surface area (Å²) in [6, 6.07) is 0. The molecule has 0 spiro atoms. The SMILES string of the molecule is CCc1nc2c(c(NN)n1)CCC2. The zero-order valence-electron chi connectivity index (χ0n) is 7.80. The highest BCUT2D eigenvalue weighted by Gasteiger charge is 2.17. The summed E-state index contributed by atoms with van der Waals surface area (Å²) in [5.41, 5.74) is 5.04. The molecule has 0 aliphatic heterocycles. The van der Waals surface area contributed by atoms with E-state index in [2.05, 4.69) is 22.3 Å². The number of nitrogens with two attached hydrogens (primary N) is 1. The van der Waals surface area contributed by atoms with Gasteiger partial charge in [0.2, 0.25) is 0 Å². The Kier molecular flexibility index (Phi) is 2.14. The second kappa shape index (κ2) is 3.30. The van der Waals surface area contributed by atoms with Crippen LogP contribution in [0.1, 0.15) is 30.4 Å². The zero-order chi connectivity index (χ0) is 9.26. The predicted octanol–water partition coefficient (Wildman–Crippen LogP) is 0.813. The predicted molar refractivity (Wildman–Crippen MR) is 51.2 cm³/mol. The van der Waals surface area contributed by atoms with Crippen LogP contribution >= 0.6 is 0 Å². The van der Waals surface area contributed by atoms with Crippen LogP contribution in [0.4, 0.5) is 5.82 Å². The third kappa shape index (κ3) is 1.37. The van der Waals surface area contributed by atoms with Gasteiger partial charge in [-0.1, -0.05) is 6.92 Å². The van der Waals surface area contributed by atoms with Gasteiger partial charge in [0.05, 0.1) is 0 Å². The molecular formula is C9H14N4. The number of fused-ring (bicyclic) bond motifs is 1. The molecule has 1 aliphatic carbocycles. The molecule has 0 bridgehead atoms. The van der Waals surface area contributed by atoms with Crippen LogP contribution in [0.15, 0.2) is 0 Å². The number of rotatable bonds is 2. The molecule has 0 unspecified atom stereocenters. The molecule has 0 aromatic carbocycles. The van der Waals surface area contributed by atoms with Gasteiger partial charge in [0.1, 0.15) is 11.6 Å². The van der Waals surface area contributed by atoms with E-state index in [4.69, 9.17) is 5.84 Å². The Hall–Kier alpha value is -1.16. The van der Waals surface area contributed by atoms with E-state index in [1.165, 1.54) is 17.7 Å². The second-order valence-corrected chi connectivity index (χ2v) is 3.27. The first kappa shape index (κ1) is 8.44. The molecule has 0 saturated carbocycles. The molecule has 1 aromatic heterocycles. The summed E-state index contributed by atoms with van der Waals surface area (Å²) in [5.74, 6) is 7.11. The molecule has 0 amide bonds. The minimum absolute atomic E-state index is 0.819. The molecule has 4 heteroatoms. The maximum Gasteiger partial charge on any atom is 0.147 e. The highest BCUT2D eigenvalue weighted by molar-refractivity contribution is 5.47. The van der Waals surface area contributed by atoms with Gasteiger partial charge in [0.25, 0.3) is 0 Å². The van der Waals surface area contributed by atoms with Crippen molar-refractivity contribution in [3.8, 4) is 0 Å². The van der Waals surface area contributed by atoms with Crippen LogP contribution in [0, 0.1) is 0 Å². The van der Waals surface area contributed by atoms with E-state index in [0.717, 1.165) is 30.9 Å². The maximum absolute atomic E-state index is 5.41. The fourth-order valence-corrected chi connectivity index (χ4v) is 1.76. The van der Waals surface area contributed by atoms with Crippen molar-refractivity contribution in [2.24, 2.45) is 5.84 Å². The van der Waals surface area contributed by atoms with Gasteiger partial charge in [0.15, 0.2) is 0 Å². The molecule has 1 aromatic rings. The molecule has 1 heterocycles. The largest absolute Gasteiger partial charge is 0.308 e. The van der Waals surface area contributed by atoms with Gasteiger partial charge in [-0.3, -0.25) is 0 Å². The van der Waals surface area contributed by atoms with Crippen molar-refractivity contribution >= 4 is 5.82 Å². The third-order valence-corrected chi connectivity index (χ3v) is 2.43. The second-order valence-electron chi connectivity index (χ2n) is 3.27. The summed E-state index contributed by atoms with van der Waals surface area (Å²) >= 11 is 0. The maximum atomic E-state index is 5.41. The average Bonchev–Trinajstić information content (AvgIpc) is 2.63. The molecule has 70 valence electrons. The van der Waals surface area contributed by atoms with Crippen molar-refractivity contribution < 1.29 is 0 Å². The smallest absolute Gasteiger partial charge is 0.147 e. The zero-order valence-corrected chi connectivity index (χ0v) is 7.80. The van der Waals surface area contributed by atoms with Gasteiger partial charge in [-0.15, -0.1) is 0 Å². The highest BCUT2D eigenvalue weighted by Crippen LogP contribution is 2.25. The molecule has 1 aliphatic rings. The van der Waals surface area contributed by atoms with Gasteiger partial charge < -0.3 is 5.43 Å². The lowest BCUT2D eigenvalue weighted by atomic mass is 10.2. The number of anilines is 1. The van der Waals surface area contributed by atoms with Crippen LogP contribution in [0.25, 0.3) is 0 Å². The van der Waals surface area contributed by atoms with Crippen LogP contribution in [-0.2, 0) is 19.3 Å². The Morgan fingerprint density at radius 1 is 1.38 bits per heavy atom. The van der Waals surface area contributed by atoms with E-state index in [1.54, 1.807) is 0 Å². The van der Waals surface area contributed by atoms with Gasteiger partial charge >= 0.3 is 0 Å². The van der Waals surface area contributed by atoms with E-state index in [0.29, 0.717) is 0 Å². The van der Waals surface area contributed by atoms with Crippen molar-refractivity contribution in [3.63, 3.8) is 0 Å². The summed E-state index contributed by atoms with van der Waals surface area (Å²) in [7, 11) is 0. The fourth-order valence-electron chi connectivity index (χ4n) is 1.76. The molecule has 0 atom stereocenters. The molecule has 0 radical (unpaired) electrons. The summed E-state index contributed by atoms with van der Waals surface area (Å²) in [6.07, 6.45) is 4.16. The number of nitrogens with one attached hydrogen (secondary N) is 1. The summed E-state index contributed by atoms with van der Waals surface area (Å²) < 4.78 is 0. The Balaban J connectivity index is 2.49. The Bertz CT molecular complexity index is 322. The first-order valence-electron chi connectivity index (χ1n) is 4.70. The van der Waals surface area contributed by atoms with Gasteiger partial charge in [-0.2, -0.15) is 0 Å². The lowest BCUT2D eigenvalue weighted by Gasteiger charge is -2.07. The van der Waals surface area contributed by atoms with Crippen LogP contribution in [0.5, 0.6) is 0 Å². The van der Waals surface area contributed by atoms with E-state index < -0.39 is 0 Å². The molecule has 2 rings (SSSR count). The number of aryl methyl sites for hydroxylation is 2. The van der Waals surface area contributed by atoms with Crippen molar-refractivity contribution in [2.45, 2.75) is 32.6 Å². The fraction of sp³-hybridized carbons (Fsp3) is 0.556. The number of nitrogen functional groups attached to an aromatic ring is 1. The minimum Gasteiger partial charge on any atom is -0.308 e. The monoisotopic (exact) mass is 178 g/mol. The standard InChI is InChI=1S/C9H14N4/c1-2-8-11-7-5-3-4-6(7)9(12-8)13-10/h2-5,10H2,1H3,(H,11,12,13). The highest BCUT2D eigenvalue weighted by atomic mass is 15.3. The molecule has 4 nitrogen and oxygen atoms in total. The third-order valence-electron chi connectivity index (χ3n) is 2.43.